The minimum atomic E-state index is -0.275. The lowest BCUT2D eigenvalue weighted by Gasteiger charge is -2.42. The lowest BCUT2D eigenvalue weighted by Crippen LogP contribution is -2.53. The fourth-order valence-electron chi connectivity index (χ4n) is 2.82. The zero-order valence-corrected chi connectivity index (χ0v) is 12.8. The van der Waals surface area contributed by atoms with Gasteiger partial charge < -0.3 is 14.6 Å². The van der Waals surface area contributed by atoms with Crippen LogP contribution >= 0.6 is 0 Å². The molecule has 1 fully saturated rings. The van der Waals surface area contributed by atoms with Gasteiger partial charge in [0.05, 0.1) is 31.0 Å². The Balaban J connectivity index is 2.12. The van der Waals surface area contributed by atoms with E-state index in [1.54, 1.807) is 13.2 Å². The fraction of sp³-hybridized carbons (Fsp3) is 0.562. The Kier molecular flexibility index (Phi) is 4.84. The van der Waals surface area contributed by atoms with Gasteiger partial charge in [-0.15, -0.1) is 0 Å². The Hall–Kier alpha value is -1.61. The lowest BCUT2D eigenvalue weighted by molar-refractivity contribution is -0.150. The number of hydrogen-bond acceptors (Lipinski definition) is 5. The minimum absolute atomic E-state index is 0.0244. The zero-order valence-electron chi connectivity index (χ0n) is 12.8. The van der Waals surface area contributed by atoms with Crippen molar-refractivity contribution in [2.24, 2.45) is 0 Å². The summed E-state index contributed by atoms with van der Waals surface area (Å²) < 4.78 is 11.1. The maximum Gasteiger partial charge on any atom is 0.136 e. The highest BCUT2D eigenvalue weighted by atomic mass is 16.5. The summed E-state index contributed by atoms with van der Waals surface area (Å²) in [6.07, 6.45) is -0.158. The van der Waals surface area contributed by atoms with Crippen LogP contribution in [0.3, 0.4) is 0 Å². The molecule has 21 heavy (non-hydrogen) atoms. The van der Waals surface area contributed by atoms with Gasteiger partial charge in [0.1, 0.15) is 11.8 Å². The summed E-state index contributed by atoms with van der Waals surface area (Å²) in [7, 11) is 1.57. The molecular weight excluding hydrogens is 268 g/mol. The van der Waals surface area contributed by atoms with E-state index in [-0.39, 0.29) is 18.3 Å². The Morgan fingerprint density at radius 2 is 2.29 bits per heavy atom. The quantitative estimate of drug-likeness (QED) is 0.911. The van der Waals surface area contributed by atoms with Crippen molar-refractivity contribution in [2.45, 2.75) is 32.1 Å². The Labute approximate surface area is 125 Å². The number of aliphatic hydroxyl groups is 1. The first-order chi connectivity index (χ1) is 9.97. The van der Waals surface area contributed by atoms with Crippen LogP contribution in [0.1, 0.15) is 25.0 Å². The maximum atomic E-state index is 9.35. The summed E-state index contributed by atoms with van der Waals surface area (Å²) in [5, 5.41) is 18.4. The van der Waals surface area contributed by atoms with Gasteiger partial charge in [-0.05, 0) is 31.5 Å². The van der Waals surface area contributed by atoms with E-state index in [0.717, 1.165) is 18.7 Å². The smallest absolute Gasteiger partial charge is 0.136 e. The third kappa shape index (κ3) is 3.94. The van der Waals surface area contributed by atoms with Gasteiger partial charge in [-0.25, -0.2) is 0 Å². The van der Waals surface area contributed by atoms with Crippen LogP contribution in [0.5, 0.6) is 5.75 Å². The number of aliphatic hydroxyl groups excluding tert-OH is 1. The molecule has 0 radical (unpaired) electrons. The third-order valence-electron chi connectivity index (χ3n) is 3.55. The van der Waals surface area contributed by atoms with Crippen LogP contribution in [0.25, 0.3) is 0 Å². The van der Waals surface area contributed by atoms with E-state index in [0.29, 0.717) is 17.9 Å². The molecule has 0 aromatic heterocycles. The second-order valence-corrected chi connectivity index (χ2v) is 6.00. The lowest BCUT2D eigenvalue weighted by atomic mass is 10.0. The van der Waals surface area contributed by atoms with Gasteiger partial charge >= 0.3 is 0 Å². The molecule has 1 unspecified atom stereocenters. The van der Waals surface area contributed by atoms with Gasteiger partial charge in [0.25, 0.3) is 0 Å². The highest BCUT2D eigenvalue weighted by Crippen LogP contribution is 2.24. The van der Waals surface area contributed by atoms with Crippen molar-refractivity contribution in [3.8, 4) is 11.8 Å². The predicted molar refractivity (Wildman–Crippen MR) is 79.0 cm³/mol. The van der Waals surface area contributed by atoms with Crippen LogP contribution in [0, 0.1) is 11.3 Å². The molecule has 0 bridgehead atoms. The van der Waals surface area contributed by atoms with E-state index >= 15 is 0 Å². The van der Waals surface area contributed by atoms with Crippen LogP contribution in [0.15, 0.2) is 18.2 Å². The van der Waals surface area contributed by atoms with Gasteiger partial charge in [0.15, 0.2) is 0 Å². The van der Waals surface area contributed by atoms with Crippen LogP contribution in [0.4, 0.5) is 0 Å². The molecule has 1 atom stereocenters. The highest BCUT2D eigenvalue weighted by molar-refractivity contribution is 5.45. The molecule has 114 valence electrons. The Morgan fingerprint density at radius 1 is 1.52 bits per heavy atom. The molecule has 2 rings (SSSR count). The predicted octanol–water partition coefficient (Wildman–Crippen LogP) is 1.54. The molecule has 1 N–H and O–H groups in total. The van der Waals surface area contributed by atoms with E-state index in [2.05, 4.69) is 11.0 Å². The number of benzene rings is 1. The van der Waals surface area contributed by atoms with Crippen molar-refractivity contribution >= 4 is 0 Å². The van der Waals surface area contributed by atoms with E-state index in [1.807, 2.05) is 26.0 Å². The number of hydrogen-bond donors (Lipinski definition) is 1. The number of methoxy groups -OCH3 is 1. The first kappa shape index (κ1) is 15.8. The molecular formula is C16H22N2O3. The molecule has 5 nitrogen and oxygen atoms in total. The molecule has 0 aliphatic carbocycles. The van der Waals surface area contributed by atoms with Crippen molar-refractivity contribution in [1.82, 2.24) is 4.90 Å². The fourth-order valence-corrected chi connectivity index (χ4v) is 2.82. The van der Waals surface area contributed by atoms with Gasteiger partial charge in [-0.1, -0.05) is 6.07 Å². The molecule has 5 heteroatoms. The van der Waals surface area contributed by atoms with Crippen molar-refractivity contribution < 1.29 is 14.6 Å². The van der Waals surface area contributed by atoms with Crippen LogP contribution in [0.2, 0.25) is 0 Å². The number of rotatable bonds is 4. The van der Waals surface area contributed by atoms with Crippen molar-refractivity contribution in [3.05, 3.63) is 29.3 Å². The highest BCUT2D eigenvalue weighted by Gasteiger charge is 2.32. The molecule has 0 saturated carbocycles. The molecule has 0 amide bonds. The molecule has 1 aromatic carbocycles. The van der Waals surface area contributed by atoms with E-state index < -0.39 is 0 Å². The number of ether oxygens (including phenoxy) is 2. The van der Waals surface area contributed by atoms with Crippen molar-refractivity contribution in [3.63, 3.8) is 0 Å². The zero-order chi connectivity index (χ0) is 15.5. The summed E-state index contributed by atoms with van der Waals surface area (Å²) in [6.45, 7) is 6.32. The van der Waals surface area contributed by atoms with Crippen LogP contribution in [-0.2, 0) is 11.3 Å². The van der Waals surface area contributed by atoms with Gasteiger partial charge in [0.2, 0.25) is 0 Å². The average Bonchev–Trinajstić information content (AvgIpc) is 2.45. The first-order valence-corrected chi connectivity index (χ1v) is 7.05. The summed E-state index contributed by atoms with van der Waals surface area (Å²) in [6, 6.07) is 7.74. The van der Waals surface area contributed by atoms with Crippen LogP contribution < -0.4 is 4.74 Å². The topological polar surface area (TPSA) is 65.7 Å². The van der Waals surface area contributed by atoms with Gasteiger partial charge in [-0.3, -0.25) is 4.90 Å². The number of morpholine rings is 1. The summed E-state index contributed by atoms with van der Waals surface area (Å²) in [4.78, 5) is 2.26. The molecule has 1 aliphatic heterocycles. The number of nitriles is 1. The van der Waals surface area contributed by atoms with E-state index in [1.165, 1.54) is 0 Å². The average molecular weight is 290 g/mol. The monoisotopic (exact) mass is 290 g/mol. The Bertz CT molecular complexity index is 537. The summed E-state index contributed by atoms with van der Waals surface area (Å²) in [5.74, 6) is 0.598. The van der Waals surface area contributed by atoms with Gasteiger partial charge in [-0.2, -0.15) is 5.26 Å². The van der Waals surface area contributed by atoms with E-state index in [4.69, 9.17) is 14.7 Å². The molecule has 1 heterocycles. The van der Waals surface area contributed by atoms with Gasteiger partial charge in [0, 0.05) is 19.6 Å². The summed E-state index contributed by atoms with van der Waals surface area (Å²) >= 11 is 0. The normalized spacial score (nSPS) is 21.8. The minimum Gasteiger partial charge on any atom is -0.495 e. The maximum absolute atomic E-state index is 9.35. The van der Waals surface area contributed by atoms with Crippen LogP contribution in [-0.4, -0.2) is 48.5 Å². The van der Waals surface area contributed by atoms with Crippen molar-refractivity contribution in [2.75, 3.05) is 26.8 Å². The second kappa shape index (κ2) is 6.44. The van der Waals surface area contributed by atoms with Crippen molar-refractivity contribution in [1.29, 1.82) is 5.26 Å². The third-order valence-corrected chi connectivity index (χ3v) is 3.55. The first-order valence-electron chi connectivity index (χ1n) is 7.05. The standard InChI is InChI=1S/C16H22N2O3/c1-16(2)11-18(9-14(10-19)21-16)8-12-4-5-13(7-17)15(6-12)20-3/h4-6,14,19H,8-11H2,1-3H3. The second-order valence-electron chi connectivity index (χ2n) is 6.00. The SMILES string of the molecule is COc1cc(CN2CC(CO)OC(C)(C)C2)ccc1C#N. The molecule has 1 aromatic rings. The van der Waals surface area contributed by atoms with E-state index in [9.17, 15) is 5.11 Å². The molecule has 1 aliphatic rings. The summed E-state index contributed by atoms with van der Waals surface area (Å²) in [5.41, 5.74) is 1.35. The largest absolute Gasteiger partial charge is 0.495 e. The number of nitrogens with zero attached hydrogens (tertiary/aromatic N) is 2. The Morgan fingerprint density at radius 3 is 2.90 bits per heavy atom. The molecule has 1 saturated heterocycles. The molecule has 0 spiro atoms.